The van der Waals surface area contributed by atoms with Crippen LogP contribution in [0.25, 0.3) is 0 Å². The fraction of sp³-hybridized carbons (Fsp3) is 0.364. The molecule has 74 valence electrons. The first kappa shape index (κ1) is 9.21. The van der Waals surface area contributed by atoms with Gasteiger partial charge in [-0.3, -0.25) is 0 Å². The molecule has 1 heterocycles. The molecule has 14 heavy (non-hydrogen) atoms. The smallest absolute Gasteiger partial charge is 0.341 e. The Kier molecular flexibility index (Phi) is 2.25. The Bertz CT molecular complexity index is 371. The van der Waals surface area contributed by atoms with Gasteiger partial charge in [0.15, 0.2) is 0 Å². The molecule has 0 spiro atoms. The zero-order valence-corrected chi connectivity index (χ0v) is 8.24. The maximum atomic E-state index is 11.4. The molecule has 0 saturated heterocycles. The van der Waals surface area contributed by atoms with Crippen molar-refractivity contribution in [3.05, 3.63) is 34.9 Å². The summed E-state index contributed by atoms with van der Waals surface area (Å²) in [6.45, 7) is 4.39. The second-order valence-electron chi connectivity index (χ2n) is 3.28. The molecule has 1 unspecified atom stereocenters. The van der Waals surface area contributed by atoms with Crippen LogP contribution in [0.2, 0.25) is 0 Å². The zero-order chi connectivity index (χ0) is 10.1. The Labute approximate surface area is 82.6 Å². The van der Waals surface area contributed by atoms with E-state index in [-0.39, 0.29) is 5.97 Å². The number of fused-ring (bicyclic) bond motifs is 1. The Morgan fingerprint density at radius 3 is 3.00 bits per heavy atom. The van der Waals surface area contributed by atoms with Crippen molar-refractivity contribution in [3.63, 3.8) is 0 Å². The van der Waals surface area contributed by atoms with E-state index >= 15 is 0 Å². The summed E-state index contributed by atoms with van der Waals surface area (Å²) in [6, 6.07) is 5.61. The fourth-order valence-corrected chi connectivity index (χ4v) is 1.56. The summed E-state index contributed by atoms with van der Waals surface area (Å²) in [4.78, 5) is 11.4. The van der Waals surface area contributed by atoms with Gasteiger partial charge >= 0.3 is 5.97 Å². The first-order valence-corrected chi connectivity index (χ1v) is 4.65. The lowest BCUT2D eigenvalue weighted by molar-refractivity contribution is -0.0993. The quantitative estimate of drug-likeness (QED) is 0.674. The van der Waals surface area contributed by atoms with Gasteiger partial charge in [-0.05, 0) is 26.0 Å². The van der Waals surface area contributed by atoms with E-state index in [0.29, 0.717) is 12.2 Å². The molecule has 0 radical (unpaired) electrons. The first-order valence-electron chi connectivity index (χ1n) is 4.65. The van der Waals surface area contributed by atoms with Crippen molar-refractivity contribution < 1.29 is 14.3 Å². The molecule has 0 bridgehead atoms. The Morgan fingerprint density at radius 2 is 2.29 bits per heavy atom. The summed E-state index contributed by atoms with van der Waals surface area (Å²) >= 11 is 0. The summed E-state index contributed by atoms with van der Waals surface area (Å²) in [5, 5.41) is 0. The summed E-state index contributed by atoms with van der Waals surface area (Å²) in [5.74, 6) is -0.293. The molecule has 2 rings (SSSR count). The lowest BCUT2D eigenvalue weighted by Crippen LogP contribution is -2.03. The molecule has 0 amide bonds. The highest BCUT2D eigenvalue weighted by Crippen LogP contribution is 2.31. The maximum Gasteiger partial charge on any atom is 0.341 e. The SMILES string of the molecule is CCOC1OC(=O)c2ccc(C)cc21. The highest BCUT2D eigenvalue weighted by Gasteiger charge is 2.31. The van der Waals surface area contributed by atoms with Gasteiger partial charge in [-0.25, -0.2) is 4.79 Å². The molecule has 0 aromatic heterocycles. The van der Waals surface area contributed by atoms with Gasteiger partial charge in [0, 0.05) is 12.2 Å². The third-order valence-corrected chi connectivity index (χ3v) is 2.21. The molecule has 1 atom stereocenters. The second-order valence-corrected chi connectivity index (χ2v) is 3.28. The summed E-state index contributed by atoms with van der Waals surface area (Å²) in [5.41, 5.74) is 2.57. The van der Waals surface area contributed by atoms with Crippen LogP contribution in [0.15, 0.2) is 18.2 Å². The van der Waals surface area contributed by atoms with Gasteiger partial charge in [-0.1, -0.05) is 11.6 Å². The number of ether oxygens (including phenoxy) is 2. The molecule has 0 N–H and O–H groups in total. The van der Waals surface area contributed by atoms with Gasteiger partial charge in [0.25, 0.3) is 0 Å². The van der Waals surface area contributed by atoms with Crippen LogP contribution >= 0.6 is 0 Å². The minimum absolute atomic E-state index is 0.293. The van der Waals surface area contributed by atoms with Crippen LogP contribution in [0.3, 0.4) is 0 Å². The standard InChI is InChI=1S/C11H12O3/c1-3-13-11-9-6-7(2)4-5-8(9)10(12)14-11/h4-6,11H,3H2,1-2H3. The van der Waals surface area contributed by atoms with Crippen LogP contribution in [0, 0.1) is 6.92 Å². The van der Waals surface area contributed by atoms with E-state index in [1.165, 1.54) is 0 Å². The summed E-state index contributed by atoms with van der Waals surface area (Å²) in [7, 11) is 0. The van der Waals surface area contributed by atoms with Gasteiger partial charge in [-0.2, -0.15) is 0 Å². The molecule has 3 nitrogen and oxygen atoms in total. The number of carbonyl (C=O) groups excluding carboxylic acids is 1. The van der Waals surface area contributed by atoms with E-state index in [1.807, 2.05) is 26.0 Å². The average Bonchev–Trinajstić information content (AvgIpc) is 2.44. The fourth-order valence-electron chi connectivity index (χ4n) is 1.56. The third-order valence-electron chi connectivity index (χ3n) is 2.21. The van der Waals surface area contributed by atoms with Crippen LogP contribution < -0.4 is 0 Å². The molecular weight excluding hydrogens is 180 g/mol. The van der Waals surface area contributed by atoms with Gasteiger partial charge in [-0.15, -0.1) is 0 Å². The molecule has 1 aliphatic rings. The van der Waals surface area contributed by atoms with Crippen molar-refractivity contribution in [2.75, 3.05) is 6.61 Å². The molecule has 0 fully saturated rings. The zero-order valence-electron chi connectivity index (χ0n) is 8.24. The monoisotopic (exact) mass is 192 g/mol. The molecule has 1 aromatic rings. The van der Waals surface area contributed by atoms with E-state index in [2.05, 4.69) is 0 Å². The predicted octanol–water partition coefficient (Wildman–Crippen LogP) is 2.20. The Morgan fingerprint density at radius 1 is 1.50 bits per heavy atom. The number of benzene rings is 1. The van der Waals surface area contributed by atoms with Crippen molar-refractivity contribution in [1.29, 1.82) is 0 Å². The third kappa shape index (κ3) is 1.40. The lowest BCUT2D eigenvalue weighted by Gasteiger charge is -2.09. The maximum absolute atomic E-state index is 11.4. The number of esters is 1. The van der Waals surface area contributed by atoms with Crippen molar-refractivity contribution in [2.45, 2.75) is 20.1 Å². The van der Waals surface area contributed by atoms with Crippen LogP contribution in [-0.4, -0.2) is 12.6 Å². The molecule has 0 saturated carbocycles. The normalized spacial score (nSPS) is 19.3. The highest BCUT2D eigenvalue weighted by atomic mass is 16.7. The van der Waals surface area contributed by atoms with Crippen molar-refractivity contribution in [1.82, 2.24) is 0 Å². The minimum Gasteiger partial charge on any atom is -0.428 e. The van der Waals surface area contributed by atoms with Crippen LogP contribution in [0.4, 0.5) is 0 Å². The highest BCUT2D eigenvalue weighted by molar-refractivity contribution is 5.93. The van der Waals surface area contributed by atoms with Gasteiger partial charge in [0.2, 0.25) is 6.29 Å². The second kappa shape index (κ2) is 3.42. The largest absolute Gasteiger partial charge is 0.428 e. The molecule has 3 heteroatoms. The Balaban J connectivity index is 2.40. The van der Waals surface area contributed by atoms with Crippen molar-refractivity contribution in [2.24, 2.45) is 0 Å². The number of cyclic esters (lactones) is 1. The average molecular weight is 192 g/mol. The summed E-state index contributed by atoms with van der Waals surface area (Å²) in [6.07, 6.45) is -0.512. The van der Waals surface area contributed by atoms with E-state index < -0.39 is 6.29 Å². The minimum atomic E-state index is -0.512. The Hall–Kier alpha value is -1.35. The molecule has 1 aromatic carbocycles. The van der Waals surface area contributed by atoms with Gasteiger partial charge < -0.3 is 9.47 Å². The van der Waals surface area contributed by atoms with Gasteiger partial charge in [0.1, 0.15) is 0 Å². The first-order chi connectivity index (χ1) is 6.72. The van der Waals surface area contributed by atoms with E-state index in [4.69, 9.17) is 9.47 Å². The van der Waals surface area contributed by atoms with Crippen LogP contribution in [0.5, 0.6) is 0 Å². The van der Waals surface area contributed by atoms with Gasteiger partial charge in [0.05, 0.1) is 5.56 Å². The summed E-state index contributed by atoms with van der Waals surface area (Å²) < 4.78 is 10.4. The van der Waals surface area contributed by atoms with E-state index in [9.17, 15) is 4.79 Å². The van der Waals surface area contributed by atoms with Crippen LogP contribution in [0.1, 0.15) is 34.7 Å². The van der Waals surface area contributed by atoms with E-state index in [1.54, 1.807) is 6.07 Å². The number of hydrogen-bond acceptors (Lipinski definition) is 3. The van der Waals surface area contributed by atoms with E-state index in [0.717, 1.165) is 11.1 Å². The molecule has 1 aliphatic heterocycles. The topological polar surface area (TPSA) is 35.5 Å². The molecular formula is C11H12O3. The molecule has 0 aliphatic carbocycles. The van der Waals surface area contributed by atoms with Crippen molar-refractivity contribution in [3.8, 4) is 0 Å². The lowest BCUT2D eigenvalue weighted by atomic mass is 10.1. The number of rotatable bonds is 2. The number of aryl methyl sites for hydroxylation is 1. The van der Waals surface area contributed by atoms with Crippen LogP contribution in [-0.2, 0) is 9.47 Å². The number of hydrogen-bond donors (Lipinski definition) is 0. The van der Waals surface area contributed by atoms with Crippen molar-refractivity contribution >= 4 is 5.97 Å². The predicted molar refractivity (Wildman–Crippen MR) is 51.0 cm³/mol. The number of carbonyl (C=O) groups is 1.